The topological polar surface area (TPSA) is 74.2 Å². The first-order valence-electron chi connectivity index (χ1n) is 7.47. The monoisotopic (exact) mass is 339 g/mol. The molecule has 0 aliphatic carbocycles. The number of fused-ring (bicyclic) bond motifs is 1. The number of halogens is 1. The van der Waals surface area contributed by atoms with Crippen LogP contribution >= 0.6 is 11.6 Å². The molecule has 0 saturated carbocycles. The van der Waals surface area contributed by atoms with E-state index < -0.39 is 0 Å². The van der Waals surface area contributed by atoms with Gasteiger partial charge in [0.2, 0.25) is 11.8 Å². The third-order valence-electron chi connectivity index (χ3n) is 3.76. The smallest absolute Gasteiger partial charge is 0.247 e. The van der Waals surface area contributed by atoms with E-state index in [-0.39, 0.29) is 0 Å². The highest BCUT2D eigenvalue weighted by Gasteiger charge is 2.18. The SMILES string of the molecule is Nc1ccc(Cc2nnc(C3=Cc4cc(Cl)ccc4OC3)o2)cc1. The molecule has 1 aliphatic heterocycles. The first-order chi connectivity index (χ1) is 11.7. The van der Waals surface area contributed by atoms with Crippen molar-refractivity contribution in [1.82, 2.24) is 10.2 Å². The fourth-order valence-corrected chi connectivity index (χ4v) is 2.72. The van der Waals surface area contributed by atoms with Gasteiger partial charge in [0.25, 0.3) is 0 Å². The zero-order chi connectivity index (χ0) is 16.5. The Morgan fingerprint density at radius 1 is 1.08 bits per heavy atom. The van der Waals surface area contributed by atoms with Gasteiger partial charge in [0.1, 0.15) is 12.4 Å². The molecule has 6 heteroatoms. The van der Waals surface area contributed by atoms with E-state index in [1.165, 1.54) is 0 Å². The van der Waals surface area contributed by atoms with Crippen LogP contribution in [0.3, 0.4) is 0 Å². The number of anilines is 1. The third kappa shape index (κ3) is 2.98. The first kappa shape index (κ1) is 14.8. The van der Waals surface area contributed by atoms with Crippen molar-refractivity contribution in [3.63, 3.8) is 0 Å². The number of hydrogen-bond donors (Lipinski definition) is 1. The van der Waals surface area contributed by atoms with Crippen LogP contribution in [0.25, 0.3) is 11.6 Å². The van der Waals surface area contributed by atoms with Crippen molar-refractivity contribution in [3.8, 4) is 5.75 Å². The summed E-state index contributed by atoms with van der Waals surface area (Å²) in [5.41, 5.74) is 9.22. The minimum Gasteiger partial charge on any atom is -0.488 e. The minimum absolute atomic E-state index is 0.387. The molecule has 4 rings (SSSR count). The quantitative estimate of drug-likeness (QED) is 0.734. The third-order valence-corrected chi connectivity index (χ3v) is 4.00. The maximum absolute atomic E-state index is 6.03. The Hall–Kier alpha value is -2.79. The number of rotatable bonds is 3. The molecule has 2 heterocycles. The van der Waals surface area contributed by atoms with Gasteiger partial charge in [-0.2, -0.15) is 0 Å². The summed E-state index contributed by atoms with van der Waals surface area (Å²) in [7, 11) is 0. The summed E-state index contributed by atoms with van der Waals surface area (Å²) in [4.78, 5) is 0. The van der Waals surface area contributed by atoms with E-state index in [1.807, 2.05) is 42.5 Å². The molecule has 2 aromatic carbocycles. The number of nitrogens with zero attached hydrogens (tertiary/aromatic N) is 2. The normalized spacial score (nSPS) is 13.1. The van der Waals surface area contributed by atoms with Crippen LogP contribution in [0.15, 0.2) is 46.9 Å². The zero-order valence-electron chi connectivity index (χ0n) is 12.7. The maximum Gasteiger partial charge on any atom is 0.247 e. The van der Waals surface area contributed by atoms with Crippen molar-refractivity contribution in [2.24, 2.45) is 0 Å². The van der Waals surface area contributed by atoms with Gasteiger partial charge in [-0.05, 0) is 42.0 Å². The van der Waals surface area contributed by atoms with Crippen molar-refractivity contribution in [3.05, 3.63) is 70.4 Å². The molecule has 0 spiro atoms. The van der Waals surface area contributed by atoms with Gasteiger partial charge in [-0.25, -0.2) is 0 Å². The van der Waals surface area contributed by atoms with Crippen LogP contribution in [0.4, 0.5) is 5.69 Å². The second-order valence-electron chi connectivity index (χ2n) is 5.56. The first-order valence-corrected chi connectivity index (χ1v) is 7.85. The van der Waals surface area contributed by atoms with Crippen LogP contribution in [0.1, 0.15) is 22.9 Å². The Kier molecular flexibility index (Phi) is 3.70. The van der Waals surface area contributed by atoms with Crippen molar-refractivity contribution in [2.75, 3.05) is 12.3 Å². The molecule has 0 atom stereocenters. The lowest BCUT2D eigenvalue weighted by Crippen LogP contribution is -2.06. The van der Waals surface area contributed by atoms with Gasteiger partial charge in [-0.15, -0.1) is 10.2 Å². The van der Waals surface area contributed by atoms with Gasteiger partial charge in [-0.3, -0.25) is 0 Å². The summed E-state index contributed by atoms with van der Waals surface area (Å²) in [6, 6.07) is 13.1. The molecule has 120 valence electrons. The highest BCUT2D eigenvalue weighted by molar-refractivity contribution is 6.30. The largest absolute Gasteiger partial charge is 0.488 e. The highest BCUT2D eigenvalue weighted by Crippen LogP contribution is 2.32. The van der Waals surface area contributed by atoms with Crippen LogP contribution in [0.2, 0.25) is 5.02 Å². The number of hydrogen-bond acceptors (Lipinski definition) is 5. The average molecular weight is 340 g/mol. The fourth-order valence-electron chi connectivity index (χ4n) is 2.54. The van der Waals surface area contributed by atoms with Crippen LogP contribution < -0.4 is 10.5 Å². The molecule has 0 fully saturated rings. The van der Waals surface area contributed by atoms with Crippen molar-refractivity contribution >= 4 is 28.9 Å². The molecule has 24 heavy (non-hydrogen) atoms. The lowest BCUT2D eigenvalue weighted by atomic mass is 10.1. The van der Waals surface area contributed by atoms with Crippen molar-refractivity contribution in [1.29, 1.82) is 0 Å². The predicted molar refractivity (Wildman–Crippen MR) is 92.8 cm³/mol. The van der Waals surface area contributed by atoms with Crippen LogP contribution in [-0.4, -0.2) is 16.8 Å². The molecule has 5 nitrogen and oxygen atoms in total. The molecule has 0 radical (unpaired) electrons. The Labute approximate surface area is 143 Å². The van der Waals surface area contributed by atoms with E-state index in [0.717, 1.165) is 28.1 Å². The van der Waals surface area contributed by atoms with Crippen LogP contribution in [-0.2, 0) is 6.42 Å². The summed E-state index contributed by atoms with van der Waals surface area (Å²) < 4.78 is 11.5. The molecular formula is C18H14ClN3O2. The summed E-state index contributed by atoms with van der Waals surface area (Å²) in [6.07, 6.45) is 2.52. The summed E-state index contributed by atoms with van der Waals surface area (Å²) in [6.45, 7) is 0.387. The number of aromatic nitrogens is 2. The van der Waals surface area contributed by atoms with Crippen molar-refractivity contribution in [2.45, 2.75) is 6.42 Å². The van der Waals surface area contributed by atoms with Gasteiger partial charge >= 0.3 is 0 Å². The Balaban J connectivity index is 1.57. The summed E-state index contributed by atoms with van der Waals surface area (Å²) in [5.74, 6) is 1.81. The van der Waals surface area contributed by atoms with E-state index in [4.69, 9.17) is 26.5 Å². The Morgan fingerprint density at radius 2 is 1.92 bits per heavy atom. The molecule has 0 saturated heterocycles. The average Bonchev–Trinajstić information content (AvgIpc) is 3.05. The van der Waals surface area contributed by atoms with E-state index in [1.54, 1.807) is 6.07 Å². The highest BCUT2D eigenvalue weighted by atomic mass is 35.5. The number of nitrogens with two attached hydrogens (primary N) is 1. The van der Waals surface area contributed by atoms with E-state index in [2.05, 4.69) is 10.2 Å². The van der Waals surface area contributed by atoms with Gasteiger partial charge in [-0.1, -0.05) is 23.7 Å². The molecule has 3 aromatic rings. The minimum atomic E-state index is 0.387. The molecule has 1 aromatic heterocycles. The Bertz CT molecular complexity index is 916. The van der Waals surface area contributed by atoms with Gasteiger partial charge < -0.3 is 14.9 Å². The second-order valence-corrected chi connectivity index (χ2v) is 6.00. The van der Waals surface area contributed by atoms with Gasteiger partial charge in [0, 0.05) is 16.3 Å². The molecule has 0 amide bonds. The molecule has 1 aliphatic rings. The fraction of sp³-hybridized carbons (Fsp3) is 0.111. The zero-order valence-corrected chi connectivity index (χ0v) is 13.5. The van der Waals surface area contributed by atoms with E-state index in [9.17, 15) is 0 Å². The lowest BCUT2D eigenvalue weighted by Gasteiger charge is -2.15. The number of nitrogen functional groups attached to an aromatic ring is 1. The van der Waals surface area contributed by atoms with Crippen molar-refractivity contribution < 1.29 is 9.15 Å². The number of ether oxygens (including phenoxy) is 1. The van der Waals surface area contributed by atoms with Gasteiger partial charge in [0.05, 0.1) is 12.0 Å². The van der Waals surface area contributed by atoms with Gasteiger partial charge in [0.15, 0.2) is 0 Å². The molecule has 2 N–H and O–H groups in total. The molecular weight excluding hydrogens is 326 g/mol. The predicted octanol–water partition coefficient (Wildman–Crippen LogP) is 3.83. The Morgan fingerprint density at radius 3 is 2.75 bits per heavy atom. The summed E-state index contributed by atoms with van der Waals surface area (Å²) in [5, 5.41) is 8.90. The van der Waals surface area contributed by atoms with Crippen LogP contribution in [0.5, 0.6) is 5.75 Å². The molecule has 0 unspecified atom stereocenters. The van der Waals surface area contributed by atoms with E-state index in [0.29, 0.717) is 29.8 Å². The lowest BCUT2D eigenvalue weighted by molar-refractivity contribution is 0.359. The van der Waals surface area contributed by atoms with E-state index >= 15 is 0 Å². The maximum atomic E-state index is 6.03. The summed E-state index contributed by atoms with van der Waals surface area (Å²) >= 11 is 6.03. The van der Waals surface area contributed by atoms with Crippen LogP contribution in [0, 0.1) is 0 Å². The number of benzene rings is 2. The standard InChI is InChI=1S/C18H14ClN3O2/c19-14-3-6-16-12(9-14)8-13(10-23-16)18-22-21-17(24-18)7-11-1-4-15(20)5-2-11/h1-6,8-9H,7,10,20H2. The molecule has 0 bridgehead atoms. The second kappa shape index (κ2) is 6.02.